The molecule has 1 aromatic rings. The summed E-state index contributed by atoms with van der Waals surface area (Å²) in [5.74, 6) is 0. The van der Waals surface area contributed by atoms with E-state index in [4.69, 9.17) is 5.26 Å². The van der Waals surface area contributed by atoms with Gasteiger partial charge in [0.25, 0.3) is 0 Å². The number of benzene rings is 1. The predicted octanol–water partition coefficient (Wildman–Crippen LogP) is 2.74. The van der Waals surface area contributed by atoms with E-state index in [9.17, 15) is 0 Å². The molecule has 0 spiro atoms. The average molecular weight is 200 g/mol. The van der Waals surface area contributed by atoms with Gasteiger partial charge in [-0.15, -0.1) is 0 Å². The van der Waals surface area contributed by atoms with Crippen LogP contribution in [0.1, 0.15) is 24.8 Å². The van der Waals surface area contributed by atoms with E-state index in [1.54, 1.807) is 0 Å². The third-order valence-electron chi connectivity index (χ3n) is 2.96. The Hall–Kier alpha value is -1.49. The monoisotopic (exact) mass is 200 g/mol. The van der Waals surface area contributed by atoms with E-state index in [1.165, 1.54) is 30.5 Å². The lowest BCUT2D eigenvalue weighted by Gasteiger charge is -2.30. The van der Waals surface area contributed by atoms with Gasteiger partial charge in [-0.1, -0.05) is 18.2 Å². The second-order valence-electron chi connectivity index (χ2n) is 4.01. The van der Waals surface area contributed by atoms with Gasteiger partial charge >= 0.3 is 0 Å². The first-order valence-electron chi connectivity index (χ1n) is 5.61. The van der Waals surface area contributed by atoms with Crippen LogP contribution in [0.3, 0.4) is 0 Å². The van der Waals surface area contributed by atoms with Crippen molar-refractivity contribution >= 4 is 5.69 Å². The van der Waals surface area contributed by atoms with Crippen LogP contribution in [-0.2, 0) is 6.42 Å². The van der Waals surface area contributed by atoms with Crippen LogP contribution in [0.5, 0.6) is 0 Å². The van der Waals surface area contributed by atoms with Gasteiger partial charge in [0.05, 0.1) is 12.5 Å². The van der Waals surface area contributed by atoms with Gasteiger partial charge in [0.15, 0.2) is 0 Å². The maximum atomic E-state index is 8.77. The molecule has 1 fully saturated rings. The fourth-order valence-electron chi connectivity index (χ4n) is 2.19. The maximum absolute atomic E-state index is 8.77. The van der Waals surface area contributed by atoms with Crippen LogP contribution in [0.15, 0.2) is 24.3 Å². The van der Waals surface area contributed by atoms with Crippen molar-refractivity contribution in [3.63, 3.8) is 0 Å². The molecule has 1 aromatic carbocycles. The smallest absolute Gasteiger partial charge is 0.0670 e. The van der Waals surface area contributed by atoms with Gasteiger partial charge in [0.2, 0.25) is 0 Å². The van der Waals surface area contributed by atoms with Gasteiger partial charge in [-0.2, -0.15) is 5.26 Å². The molecule has 1 saturated heterocycles. The Morgan fingerprint density at radius 2 is 1.87 bits per heavy atom. The van der Waals surface area contributed by atoms with Crippen molar-refractivity contribution in [3.05, 3.63) is 29.8 Å². The molecule has 0 N–H and O–H groups in total. The second kappa shape index (κ2) is 4.84. The Morgan fingerprint density at radius 3 is 2.60 bits per heavy atom. The summed E-state index contributed by atoms with van der Waals surface area (Å²) in [5.41, 5.74) is 2.43. The molecular weight excluding hydrogens is 184 g/mol. The lowest BCUT2D eigenvalue weighted by molar-refractivity contribution is 0.577. The number of rotatable bonds is 2. The fourth-order valence-corrected chi connectivity index (χ4v) is 2.19. The molecule has 0 aliphatic carbocycles. The van der Waals surface area contributed by atoms with Crippen molar-refractivity contribution in [2.75, 3.05) is 18.0 Å². The van der Waals surface area contributed by atoms with Crippen LogP contribution in [0.4, 0.5) is 5.69 Å². The molecule has 2 nitrogen and oxygen atoms in total. The van der Waals surface area contributed by atoms with E-state index in [1.807, 2.05) is 6.07 Å². The van der Waals surface area contributed by atoms with Crippen molar-refractivity contribution in [1.82, 2.24) is 0 Å². The van der Waals surface area contributed by atoms with Crippen molar-refractivity contribution in [1.29, 1.82) is 5.26 Å². The summed E-state index contributed by atoms with van der Waals surface area (Å²) in [7, 11) is 0. The largest absolute Gasteiger partial charge is 0.371 e. The minimum atomic E-state index is 0.521. The first-order chi connectivity index (χ1) is 7.42. The molecule has 2 rings (SSSR count). The Morgan fingerprint density at radius 1 is 1.13 bits per heavy atom. The molecule has 78 valence electrons. The Labute approximate surface area is 91.1 Å². The number of nitrogens with zero attached hydrogens (tertiary/aromatic N) is 2. The van der Waals surface area contributed by atoms with Gasteiger partial charge in [-0.25, -0.2) is 0 Å². The van der Waals surface area contributed by atoms with Gasteiger partial charge in [-0.3, -0.25) is 0 Å². The van der Waals surface area contributed by atoms with Crippen molar-refractivity contribution in [3.8, 4) is 6.07 Å². The van der Waals surface area contributed by atoms with E-state index in [0.29, 0.717) is 6.42 Å². The second-order valence-corrected chi connectivity index (χ2v) is 4.01. The number of hydrogen-bond acceptors (Lipinski definition) is 2. The van der Waals surface area contributed by atoms with E-state index in [2.05, 4.69) is 29.2 Å². The summed E-state index contributed by atoms with van der Waals surface area (Å²) in [6.45, 7) is 2.28. The summed E-state index contributed by atoms with van der Waals surface area (Å²) in [5, 5.41) is 8.77. The highest BCUT2D eigenvalue weighted by Gasteiger charge is 2.13. The third-order valence-corrected chi connectivity index (χ3v) is 2.96. The summed E-state index contributed by atoms with van der Waals surface area (Å²) in [6, 6.07) is 10.5. The van der Waals surface area contributed by atoms with Gasteiger partial charge < -0.3 is 4.90 Å². The summed E-state index contributed by atoms with van der Waals surface area (Å²) in [4.78, 5) is 2.41. The lowest BCUT2D eigenvalue weighted by Crippen LogP contribution is -2.30. The number of hydrogen-bond donors (Lipinski definition) is 0. The highest BCUT2D eigenvalue weighted by molar-refractivity contribution is 5.54. The zero-order chi connectivity index (χ0) is 10.5. The van der Waals surface area contributed by atoms with Crippen LogP contribution < -0.4 is 4.90 Å². The van der Waals surface area contributed by atoms with Crippen molar-refractivity contribution < 1.29 is 0 Å². The molecule has 1 heterocycles. The molecule has 0 unspecified atom stereocenters. The maximum Gasteiger partial charge on any atom is 0.0670 e. The van der Waals surface area contributed by atoms with E-state index >= 15 is 0 Å². The normalized spacial score (nSPS) is 16.1. The molecule has 0 amide bonds. The minimum absolute atomic E-state index is 0.521. The number of anilines is 1. The highest BCUT2D eigenvalue weighted by atomic mass is 15.1. The summed E-state index contributed by atoms with van der Waals surface area (Å²) >= 11 is 0. The third kappa shape index (κ3) is 2.30. The number of nitriles is 1. The van der Waals surface area contributed by atoms with Gasteiger partial charge in [0.1, 0.15) is 0 Å². The highest BCUT2D eigenvalue weighted by Crippen LogP contribution is 2.24. The number of piperidine rings is 1. The van der Waals surface area contributed by atoms with Crippen LogP contribution in [0.2, 0.25) is 0 Å². The number of para-hydroxylation sites is 1. The molecule has 0 radical (unpaired) electrons. The van der Waals surface area contributed by atoms with E-state index in [0.717, 1.165) is 13.1 Å². The fraction of sp³-hybridized carbons (Fsp3) is 0.462. The summed E-state index contributed by atoms with van der Waals surface area (Å²) < 4.78 is 0. The SMILES string of the molecule is N#CCc1ccccc1N1CCCCC1. The summed E-state index contributed by atoms with van der Waals surface area (Å²) in [6.07, 6.45) is 4.42. The van der Waals surface area contributed by atoms with E-state index < -0.39 is 0 Å². The first-order valence-corrected chi connectivity index (χ1v) is 5.61. The predicted molar refractivity (Wildman–Crippen MR) is 61.8 cm³/mol. The molecule has 0 atom stereocenters. The molecule has 0 saturated carbocycles. The minimum Gasteiger partial charge on any atom is -0.371 e. The Balaban J connectivity index is 2.21. The molecule has 2 heteroatoms. The lowest BCUT2D eigenvalue weighted by atomic mass is 10.1. The van der Waals surface area contributed by atoms with E-state index in [-0.39, 0.29) is 0 Å². The first kappa shape index (κ1) is 10.0. The van der Waals surface area contributed by atoms with Crippen molar-refractivity contribution in [2.24, 2.45) is 0 Å². The zero-order valence-corrected chi connectivity index (χ0v) is 8.95. The van der Waals surface area contributed by atoms with Gasteiger partial charge in [0, 0.05) is 18.8 Å². The molecule has 15 heavy (non-hydrogen) atoms. The van der Waals surface area contributed by atoms with Crippen LogP contribution >= 0.6 is 0 Å². The van der Waals surface area contributed by atoms with Crippen LogP contribution in [0, 0.1) is 11.3 Å². The Bertz CT molecular complexity index is 359. The molecule has 1 aliphatic rings. The van der Waals surface area contributed by atoms with Crippen LogP contribution in [0.25, 0.3) is 0 Å². The Kier molecular flexibility index (Phi) is 3.24. The quantitative estimate of drug-likeness (QED) is 0.734. The zero-order valence-electron chi connectivity index (χ0n) is 8.95. The molecule has 1 aliphatic heterocycles. The van der Waals surface area contributed by atoms with Crippen LogP contribution in [-0.4, -0.2) is 13.1 Å². The topological polar surface area (TPSA) is 27.0 Å². The molecule has 0 aromatic heterocycles. The molecular formula is C13H16N2. The molecule has 0 bridgehead atoms. The average Bonchev–Trinajstić information content (AvgIpc) is 2.31. The van der Waals surface area contributed by atoms with Crippen molar-refractivity contribution in [2.45, 2.75) is 25.7 Å². The van der Waals surface area contributed by atoms with Gasteiger partial charge in [-0.05, 0) is 30.9 Å². The standard InChI is InChI=1S/C13H16N2/c14-9-8-12-6-2-3-7-13(12)15-10-4-1-5-11-15/h2-3,6-7H,1,4-5,8,10-11H2.